The Morgan fingerprint density at radius 3 is 2.44 bits per heavy atom. The maximum atomic E-state index is 12.3. The number of nitrogens with one attached hydrogen (secondary N) is 1. The summed E-state index contributed by atoms with van der Waals surface area (Å²) < 4.78 is 0. The molecule has 6 heteroatoms. The van der Waals surface area contributed by atoms with Gasteiger partial charge in [-0.3, -0.25) is 10.2 Å². The second-order valence-corrected chi connectivity index (χ2v) is 6.63. The Labute approximate surface area is 149 Å². The molecule has 2 aromatic rings. The molecule has 4 rings (SSSR count). The number of rotatable bonds is 3. The molecule has 5 nitrogen and oxygen atoms in total. The van der Waals surface area contributed by atoms with E-state index < -0.39 is 5.91 Å². The molecule has 2 aliphatic rings. The molecule has 0 radical (unpaired) electrons. The van der Waals surface area contributed by atoms with Gasteiger partial charge in [0.1, 0.15) is 5.04 Å². The van der Waals surface area contributed by atoms with Crippen LogP contribution in [0, 0.1) is 5.41 Å². The largest absolute Gasteiger partial charge is 0.283 e. The summed E-state index contributed by atoms with van der Waals surface area (Å²) in [7, 11) is 0. The Morgan fingerprint density at radius 1 is 1.04 bits per heavy atom. The number of amides is 1. The van der Waals surface area contributed by atoms with Crippen LogP contribution in [0.5, 0.6) is 0 Å². The quantitative estimate of drug-likeness (QED) is 0.864. The van der Waals surface area contributed by atoms with Gasteiger partial charge in [-0.05, 0) is 29.0 Å². The van der Waals surface area contributed by atoms with Crippen molar-refractivity contribution in [2.45, 2.75) is 6.42 Å². The molecule has 25 heavy (non-hydrogen) atoms. The summed E-state index contributed by atoms with van der Waals surface area (Å²) in [6.07, 6.45) is 2.33. The fraction of sp³-hybridized carbons (Fsp3) is 0.0526. The number of hydrogen-bond donors (Lipinski definition) is 1. The minimum Gasteiger partial charge on any atom is -0.282 e. The molecule has 0 spiro atoms. The zero-order valence-corrected chi connectivity index (χ0v) is 14.0. The summed E-state index contributed by atoms with van der Waals surface area (Å²) in [5.74, 6) is -0.335. The molecular formula is C19H14N4OS. The van der Waals surface area contributed by atoms with Crippen LogP contribution in [-0.4, -0.2) is 27.0 Å². The van der Waals surface area contributed by atoms with Crippen LogP contribution in [0.1, 0.15) is 11.1 Å². The fourth-order valence-electron chi connectivity index (χ4n) is 2.59. The van der Waals surface area contributed by atoms with Gasteiger partial charge in [0.05, 0.1) is 5.57 Å². The molecule has 1 N–H and O–H groups in total. The standard InChI is InChI=1S/C19H14N4OS/c20-17-15(11-13-7-3-1-4-8-13)18(24)21-19-23(17)22-16(25-19)12-14-9-5-2-6-10-14/h1-11,20H,12H2/b15-11-,20-17?. The summed E-state index contributed by atoms with van der Waals surface area (Å²) in [6.45, 7) is 0. The second kappa shape index (κ2) is 6.49. The van der Waals surface area contributed by atoms with Gasteiger partial charge >= 0.3 is 0 Å². The van der Waals surface area contributed by atoms with Crippen LogP contribution in [0.2, 0.25) is 0 Å². The van der Waals surface area contributed by atoms with Crippen LogP contribution in [0.3, 0.4) is 0 Å². The van der Waals surface area contributed by atoms with Gasteiger partial charge in [-0.15, -0.1) is 0 Å². The Kier molecular flexibility index (Phi) is 4.03. The van der Waals surface area contributed by atoms with E-state index >= 15 is 0 Å². The predicted molar refractivity (Wildman–Crippen MR) is 102 cm³/mol. The first-order chi connectivity index (χ1) is 12.2. The summed E-state index contributed by atoms with van der Waals surface area (Å²) in [6, 6.07) is 19.4. The highest BCUT2D eigenvalue weighted by Gasteiger charge is 2.35. The maximum absolute atomic E-state index is 12.3. The number of carbonyl (C=O) groups is 1. The van der Waals surface area contributed by atoms with E-state index in [4.69, 9.17) is 5.41 Å². The third-order valence-electron chi connectivity index (χ3n) is 3.81. The van der Waals surface area contributed by atoms with E-state index in [1.54, 1.807) is 6.08 Å². The van der Waals surface area contributed by atoms with Gasteiger partial charge in [0.25, 0.3) is 5.91 Å². The van der Waals surface area contributed by atoms with Gasteiger partial charge < -0.3 is 0 Å². The second-order valence-electron chi connectivity index (χ2n) is 5.59. The predicted octanol–water partition coefficient (Wildman–Crippen LogP) is 3.55. The van der Waals surface area contributed by atoms with Crippen molar-refractivity contribution in [2.24, 2.45) is 10.1 Å². The van der Waals surface area contributed by atoms with Gasteiger partial charge in [-0.25, -0.2) is 0 Å². The Hall–Kier alpha value is -2.99. The van der Waals surface area contributed by atoms with Crippen LogP contribution in [0.4, 0.5) is 0 Å². The number of hydrazone groups is 1. The smallest absolute Gasteiger partial charge is 0.282 e. The number of benzene rings is 2. The number of hydrogen-bond acceptors (Lipinski definition) is 4. The van der Waals surface area contributed by atoms with Gasteiger partial charge in [0, 0.05) is 6.42 Å². The van der Waals surface area contributed by atoms with E-state index in [9.17, 15) is 4.79 Å². The molecule has 2 aliphatic heterocycles. The minimum atomic E-state index is -0.399. The van der Waals surface area contributed by atoms with Gasteiger partial charge in [0.2, 0.25) is 5.17 Å². The average molecular weight is 346 g/mol. The van der Waals surface area contributed by atoms with Crippen LogP contribution in [0.25, 0.3) is 6.08 Å². The highest BCUT2D eigenvalue weighted by Crippen LogP contribution is 2.29. The van der Waals surface area contributed by atoms with E-state index in [-0.39, 0.29) is 11.4 Å². The molecule has 0 unspecified atom stereocenters. The van der Waals surface area contributed by atoms with Gasteiger partial charge in [-0.2, -0.15) is 15.1 Å². The average Bonchev–Trinajstić information content (AvgIpc) is 3.03. The van der Waals surface area contributed by atoms with Crippen molar-refractivity contribution in [3.05, 3.63) is 77.4 Å². The molecule has 2 heterocycles. The molecule has 0 bridgehead atoms. The van der Waals surface area contributed by atoms with Crippen molar-refractivity contribution in [3.63, 3.8) is 0 Å². The molecule has 0 atom stereocenters. The SMILES string of the molecule is N=C1/C(=C/c2ccccc2)C(=O)N=C2SC(Cc3ccccc3)=NN12. The van der Waals surface area contributed by atoms with Crippen molar-refractivity contribution in [1.29, 1.82) is 5.41 Å². The summed E-state index contributed by atoms with van der Waals surface area (Å²) >= 11 is 1.34. The molecule has 2 aromatic carbocycles. The van der Waals surface area contributed by atoms with E-state index in [2.05, 4.69) is 10.1 Å². The first-order valence-electron chi connectivity index (χ1n) is 7.79. The van der Waals surface area contributed by atoms with Crippen molar-refractivity contribution in [3.8, 4) is 0 Å². The number of thioether (sulfide) groups is 1. The highest BCUT2D eigenvalue weighted by atomic mass is 32.2. The lowest BCUT2D eigenvalue weighted by atomic mass is 10.1. The first-order valence-corrected chi connectivity index (χ1v) is 8.60. The molecule has 1 amide bonds. The Morgan fingerprint density at radius 2 is 1.72 bits per heavy atom. The maximum Gasteiger partial charge on any atom is 0.283 e. The molecule has 0 saturated carbocycles. The third-order valence-corrected chi connectivity index (χ3v) is 4.71. The molecule has 122 valence electrons. The van der Waals surface area contributed by atoms with Crippen LogP contribution >= 0.6 is 11.8 Å². The van der Waals surface area contributed by atoms with E-state index in [0.717, 1.165) is 16.2 Å². The molecule has 0 fully saturated rings. The Bertz CT molecular complexity index is 932. The third kappa shape index (κ3) is 3.16. The fourth-order valence-corrected chi connectivity index (χ4v) is 3.51. The molecule has 0 aliphatic carbocycles. The molecule has 0 saturated heterocycles. The number of aliphatic imine (C=N–C) groups is 1. The van der Waals surface area contributed by atoms with E-state index in [0.29, 0.717) is 11.6 Å². The number of carbonyl (C=O) groups excluding carboxylic acids is 1. The highest BCUT2D eigenvalue weighted by molar-refractivity contribution is 8.26. The van der Waals surface area contributed by atoms with E-state index in [1.165, 1.54) is 16.8 Å². The summed E-state index contributed by atoms with van der Waals surface area (Å²) in [4.78, 5) is 16.4. The van der Waals surface area contributed by atoms with Crippen molar-refractivity contribution < 1.29 is 4.79 Å². The minimum absolute atomic E-state index is 0.0643. The van der Waals surface area contributed by atoms with Crippen molar-refractivity contribution >= 4 is 39.8 Å². The lowest BCUT2D eigenvalue weighted by Crippen LogP contribution is -2.35. The number of nitrogens with zero attached hydrogens (tertiary/aromatic N) is 3. The van der Waals surface area contributed by atoms with Gasteiger partial charge in [0.15, 0.2) is 5.84 Å². The topological polar surface area (TPSA) is 68.9 Å². The lowest BCUT2D eigenvalue weighted by Gasteiger charge is -2.20. The zero-order valence-electron chi connectivity index (χ0n) is 13.2. The van der Waals surface area contributed by atoms with Crippen molar-refractivity contribution in [2.75, 3.05) is 0 Å². The van der Waals surface area contributed by atoms with Crippen LogP contribution < -0.4 is 0 Å². The summed E-state index contributed by atoms with van der Waals surface area (Å²) in [5, 5.41) is 15.6. The van der Waals surface area contributed by atoms with Crippen LogP contribution in [-0.2, 0) is 11.2 Å². The van der Waals surface area contributed by atoms with Crippen molar-refractivity contribution in [1.82, 2.24) is 5.01 Å². The van der Waals surface area contributed by atoms with Crippen LogP contribution in [0.15, 0.2) is 76.3 Å². The molecular weight excluding hydrogens is 332 g/mol. The lowest BCUT2D eigenvalue weighted by molar-refractivity contribution is -0.114. The first kappa shape index (κ1) is 15.5. The van der Waals surface area contributed by atoms with Gasteiger partial charge in [-0.1, -0.05) is 60.7 Å². The monoisotopic (exact) mass is 346 g/mol. The Balaban J connectivity index is 1.61. The number of fused-ring (bicyclic) bond motifs is 1. The van der Waals surface area contributed by atoms with E-state index in [1.807, 2.05) is 60.7 Å². The molecule has 0 aromatic heterocycles. The zero-order chi connectivity index (χ0) is 17.2. The summed E-state index contributed by atoms with van der Waals surface area (Å²) in [5.41, 5.74) is 2.24. The normalized spacial score (nSPS) is 18.2. The number of amidine groups is 2.